The Kier molecular flexibility index (Phi) is 4.87. The van der Waals surface area contributed by atoms with Crippen LogP contribution in [0.25, 0.3) is 0 Å². The summed E-state index contributed by atoms with van der Waals surface area (Å²) in [7, 11) is 0. The molecule has 0 saturated carbocycles. The highest BCUT2D eigenvalue weighted by atomic mass is 35.5. The summed E-state index contributed by atoms with van der Waals surface area (Å²) in [6.07, 6.45) is 4.70. The molecule has 0 bridgehead atoms. The first-order valence-electron chi connectivity index (χ1n) is 8.00. The van der Waals surface area contributed by atoms with Crippen LogP contribution in [-0.2, 0) is 10.3 Å². The minimum absolute atomic E-state index is 0.167. The topological polar surface area (TPSA) is 59.0 Å². The number of halogens is 2. The van der Waals surface area contributed by atoms with E-state index in [1.807, 2.05) is 0 Å². The fourth-order valence-corrected chi connectivity index (χ4v) is 3.58. The molecule has 1 amide bonds. The lowest BCUT2D eigenvalue weighted by molar-refractivity contribution is -0.132. The number of carbonyl (C=O) groups is 1. The molecule has 5 nitrogen and oxygen atoms in total. The van der Waals surface area contributed by atoms with E-state index in [-0.39, 0.29) is 5.91 Å². The predicted octanol–water partition coefficient (Wildman–Crippen LogP) is 2.63. The third-order valence-electron chi connectivity index (χ3n) is 4.58. The van der Waals surface area contributed by atoms with Gasteiger partial charge in [0.05, 0.1) is 6.04 Å². The quantitative estimate of drug-likeness (QED) is 0.891. The van der Waals surface area contributed by atoms with E-state index in [0.29, 0.717) is 23.4 Å². The first-order chi connectivity index (χ1) is 11.5. The average Bonchev–Trinajstić information content (AvgIpc) is 3.10. The van der Waals surface area contributed by atoms with Gasteiger partial charge in [0.1, 0.15) is 11.4 Å². The van der Waals surface area contributed by atoms with Crippen LogP contribution in [0.15, 0.2) is 36.7 Å². The second kappa shape index (κ2) is 6.91. The Balaban J connectivity index is 1.86. The van der Waals surface area contributed by atoms with Crippen molar-refractivity contribution in [2.24, 2.45) is 0 Å². The van der Waals surface area contributed by atoms with Crippen LogP contribution < -0.4 is 10.6 Å². The summed E-state index contributed by atoms with van der Waals surface area (Å²) in [5.74, 6) is -0.590. The van der Waals surface area contributed by atoms with E-state index in [1.165, 1.54) is 6.07 Å². The second-order valence-electron chi connectivity index (χ2n) is 6.06. The van der Waals surface area contributed by atoms with Crippen LogP contribution in [0.1, 0.15) is 31.4 Å². The molecule has 1 atom stereocenters. The van der Waals surface area contributed by atoms with Crippen LogP contribution in [0.2, 0.25) is 5.02 Å². The lowest BCUT2D eigenvalue weighted by Crippen LogP contribution is -2.55. The number of hydrogen-bond donors (Lipinski definition) is 2. The average molecular weight is 351 g/mol. The zero-order valence-corrected chi connectivity index (χ0v) is 14.2. The van der Waals surface area contributed by atoms with Gasteiger partial charge in [-0.3, -0.25) is 9.48 Å². The highest BCUT2D eigenvalue weighted by molar-refractivity contribution is 6.31. The van der Waals surface area contributed by atoms with Gasteiger partial charge in [-0.2, -0.15) is 5.10 Å². The molecule has 1 aromatic heterocycles. The molecule has 0 aliphatic carbocycles. The van der Waals surface area contributed by atoms with E-state index in [0.717, 1.165) is 13.1 Å². The van der Waals surface area contributed by atoms with Crippen LogP contribution in [0.5, 0.6) is 0 Å². The minimum atomic E-state index is -0.763. The molecule has 7 heteroatoms. The van der Waals surface area contributed by atoms with Crippen molar-refractivity contribution in [2.45, 2.75) is 31.3 Å². The molecule has 1 unspecified atom stereocenters. The number of carbonyl (C=O) groups excluding carboxylic acids is 1. The molecule has 2 N–H and O–H groups in total. The van der Waals surface area contributed by atoms with Crippen LogP contribution in [0.4, 0.5) is 4.39 Å². The lowest BCUT2D eigenvalue weighted by atomic mass is 9.87. The second-order valence-corrected chi connectivity index (χ2v) is 6.47. The van der Waals surface area contributed by atoms with Crippen LogP contribution in [0, 0.1) is 5.82 Å². The number of aromatic nitrogens is 2. The highest BCUT2D eigenvalue weighted by Gasteiger charge is 2.42. The van der Waals surface area contributed by atoms with Crippen molar-refractivity contribution in [1.29, 1.82) is 0 Å². The largest absolute Gasteiger partial charge is 0.347 e. The first-order valence-corrected chi connectivity index (χ1v) is 8.38. The van der Waals surface area contributed by atoms with Gasteiger partial charge in [0.2, 0.25) is 5.91 Å². The summed E-state index contributed by atoms with van der Waals surface area (Å²) < 4.78 is 15.8. The molecule has 1 aliphatic rings. The van der Waals surface area contributed by atoms with Gasteiger partial charge in [0.25, 0.3) is 0 Å². The van der Waals surface area contributed by atoms with Gasteiger partial charge in [0, 0.05) is 23.0 Å². The highest BCUT2D eigenvalue weighted by Crippen LogP contribution is 2.30. The summed E-state index contributed by atoms with van der Waals surface area (Å²) in [4.78, 5) is 13.1. The molecule has 3 rings (SSSR count). The number of rotatable bonds is 4. The maximum Gasteiger partial charge on any atom is 0.248 e. The Morgan fingerprint density at radius 1 is 1.42 bits per heavy atom. The molecular weight excluding hydrogens is 331 g/mol. The van der Waals surface area contributed by atoms with Crippen LogP contribution >= 0.6 is 11.6 Å². The van der Waals surface area contributed by atoms with Crippen molar-refractivity contribution in [3.8, 4) is 0 Å². The van der Waals surface area contributed by atoms with E-state index < -0.39 is 17.4 Å². The summed E-state index contributed by atoms with van der Waals surface area (Å²) in [5, 5.41) is 10.8. The summed E-state index contributed by atoms with van der Waals surface area (Å²) in [5.41, 5.74) is -0.460. The molecular formula is C17H20ClFN4O. The number of amides is 1. The van der Waals surface area contributed by atoms with E-state index in [9.17, 15) is 9.18 Å². The van der Waals surface area contributed by atoms with E-state index in [4.69, 9.17) is 11.6 Å². The molecule has 2 aromatic rings. The Morgan fingerprint density at radius 3 is 2.79 bits per heavy atom. The van der Waals surface area contributed by atoms with Crippen molar-refractivity contribution >= 4 is 17.5 Å². The smallest absolute Gasteiger partial charge is 0.248 e. The SMILES string of the molecule is CC(NC(=O)C1(n2cccn2)CCNCC1)c1c(F)cccc1Cl. The third kappa shape index (κ3) is 3.03. The molecule has 128 valence electrons. The van der Waals surface area contributed by atoms with Crippen molar-refractivity contribution in [1.82, 2.24) is 20.4 Å². The normalized spacial score (nSPS) is 18.1. The van der Waals surface area contributed by atoms with Gasteiger partial charge in [-0.1, -0.05) is 17.7 Å². The monoisotopic (exact) mass is 350 g/mol. The first kappa shape index (κ1) is 16.9. The molecule has 24 heavy (non-hydrogen) atoms. The molecule has 1 fully saturated rings. The fourth-order valence-electron chi connectivity index (χ4n) is 3.25. The van der Waals surface area contributed by atoms with E-state index >= 15 is 0 Å². The summed E-state index contributed by atoms with van der Waals surface area (Å²) in [6, 6.07) is 5.78. The Bertz CT molecular complexity index is 693. The van der Waals surface area contributed by atoms with Gasteiger partial charge in [0.15, 0.2) is 0 Å². The Labute approximate surface area is 145 Å². The lowest BCUT2D eigenvalue weighted by Gasteiger charge is -2.37. The molecule has 0 radical (unpaired) electrons. The fraction of sp³-hybridized carbons (Fsp3) is 0.412. The van der Waals surface area contributed by atoms with Crippen molar-refractivity contribution in [3.05, 3.63) is 53.1 Å². The van der Waals surface area contributed by atoms with Gasteiger partial charge in [-0.25, -0.2) is 4.39 Å². The number of nitrogens with one attached hydrogen (secondary N) is 2. The van der Waals surface area contributed by atoms with Gasteiger partial charge < -0.3 is 10.6 Å². The van der Waals surface area contributed by atoms with E-state index in [1.54, 1.807) is 42.2 Å². The molecule has 1 saturated heterocycles. The maximum atomic E-state index is 14.1. The van der Waals surface area contributed by atoms with Gasteiger partial charge in [-0.05, 0) is 51.1 Å². The number of benzene rings is 1. The zero-order valence-electron chi connectivity index (χ0n) is 13.4. The molecule has 0 spiro atoms. The summed E-state index contributed by atoms with van der Waals surface area (Å²) in [6.45, 7) is 3.18. The molecule has 2 heterocycles. The van der Waals surface area contributed by atoms with Crippen LogP contribution in [-0.4, -0.2) is 28.8 Å². The van der Waals surface area contributed by atoms with Crippen LogP contribution in [0.3, 0.4) is 0 Å². The number of piperidine rings is 1. The summed E-state index contributed by atoms with van der Waals surface area (Å²) >= 11 is 6.11. The standard InChI is InChI=1S/C17H20ClFN4O/c1-12(15-13(18)4-2-5-14(15)19)22-16(24)17(6-9-20-10-7-17)23-11-3-8-21-23/h2-5,8,11-12,20H,6-7,9-10H2,1H3,(H,22,24). The minimum Gasteiger partial charge on any atom is -0.347 e. The molecule has 1 aliphatic heterocycles. The van der Waals surface area contributed by atoms with E-state index in [2.05, 4.69) is 15.7 Å². The number of hydrogen-bond acceptors (Lipinski definition) is 3. The number of nitrogens with zero attached hydrogens (tertiary/aromatic N) is 2. The van der Waals surface area contributed by atoms with Gasteiger partial charge in [-0.15, -0.1) is 0 Å². The van der Waals surface area contributed by atoms with Gasteiger partial charge >= 0.3 is 0 Å². The van der Waals surface area contributed by atoms with Crippen molar-refractivity contribution < 1.29 is 9.18 Å². The van der Waals surface area contributed by atoms with Crippen molar-refractivity contribution in [3.63, 3.8) is 0 Å². The Hall–Kier alpha value is -1.92. The zero-order chi connectivity index (χ0) is 17.2. The molecule has 1 aromatic carbocycles. The van der Waals surface area contributed by atoms with Crippen molar-refractivity contribution in [2.75, 3.05) is 13.1 Å². The Morgan fingerprint density at radius 2 is 2.17 bits per heavy atom. The maximum absolute atomic E-state index is 14.1. The predicted molar refractivity (Wildman–Crippen MR) is 90.3 cm³/mol. The third-order valence-corrected chi connectivity index (χ3v) is 4.91.